The van der Waals surface area contributed by atoms with Gasteiger partial charge in [-0.25, -0.2) is 0 Å². The fourth-order valence-electron chi connectivity index (χ4n) is 7.81. The van der Waals surface area contributed by atoms with Crippen molar-refractivity contribution in [3.8, 4) is 0 Å². The zero-order valence-corrected chi connectivity index (χ0v) is 19.9. The summed E-state index contributed by atoms with van der Waals surface area (Å²) in [4.78, 5) is 0. The van der Waals surface area contributed by atoms with Crippen LogP contribution in [-0.4, -0.2) is 28.1 Å². The molecule has 0 bridgehead atoms. The molecule has 32 heavy (non-hydrogen) atoms. The summed E-state index contributed by atoms with van der Waals surface area (Å²) in [6, 6.07) is 0. The minimum atomic E-state index is -4.61. The summed E-state index contributed by atoms with van der Waals surface area (Å²) in [5.41, 5.74) is 2.33. The van der Waals surface area contributed by atoms with Crippen LogP contribution in [0.4, 0.5) is 13.2 Å². The summed E-state index contributed by atoms with van der Waals surface area (Å²) in [6.07, 6.45) is 7.88. The van der Waals surface area contributed by atoms with Crippen molar-refractivity contribution in [2.24, 2.45) is 34.5 Å². The molecular formula is C27H39F3O2. The van der Waals surface area contributed by atoms with Crippen molar-refractivity contribution in [2.45, 2.75) is 96.9 Å². The zero-order valence-electron chi connectivity index (χ0n) is 19.9. The number of aliphatic hydroxyl groups is 2. The predicted molar refractivity (Wildman–Crippen MR) is 121 cm³/mol. The van der Waals surface area contributed by atoms with Crippen molar-refractivity contribution < 1.29 is 23.4 Å². The van der Waals surface area contributed by atoms with Gasteiger partial charge in [0.1, 0.15) is 0 Å². The van der Waals surface area contributed by atoms with Crippen molar-refractivity contribution >= 4 is 0 Å². The molecule has 2 nitrogen and oxygen atoms in total. The molecule has 0 aromatic rings. The third-order valence-corrected chi connectivity index (χ3v) is 9.96. The highest BCUT2D eigenvalue weighted by atomic mass is 19.4. The smallest absolute Gasteiger partial charge is 0.390 e. The molecule has 1 unspecified atom stereocenters. The Balaban J connectivity index is 1.53. The Kier molecular flexibility index (Phi) is 6.02. The Labute approximate surface area is 190 Å². The first-order valence-corrected chi connectivity index (χ1v) is 12.4. The lowest BCUT2D eigenvalue weighted by Crippen LogP contribution is -2.51. The van der Waals surface area contributed by atoms with Crippen LogP contribution in [0.3, 0.4) is 0 Å². The quantitative estimate of drug-likeness (QED) is 0.464. The molecule has 0 amide bonds. The molecule has 4 aliphatic carbocycles. The largest absolute Gasteiger partial charge is 0.417 e. The minimum absolute atomic E-state index is 0.00857. The van der Waals surface area contributed by atoms with Crippen LogP contribution in [-0.2, 0) is 0 Å². The van der Waals surface area contributed by atoms with E-state index in [2.05, 4.69) is 32.9 Å². The molecule has 0 aliphatic heterocycles. The predicted octanol–water partition coefficient (Wildman–Crippen LogP) is 6.74. The molecule has 2 fully saturated rings. The maximum absolute atomic E-state index is 12.7. The van der Waals surface area contributed by atoms with E-state index < -0.39 is 17.9 Å². The second-order valence-electron chi connectivity index (χ2n) is 11.5. The summed E-state index contributed by atoms with van der Waals surface area (Å²) in [5.74, 6) is 1.60. The summed E-state index contributed by atoms with van der Waals surface area (Å²) < 4.78 is 38.1. The third kappa shape index (κ3) is 3.81. The second-order valence-corrected chi connectivity index (χ2v) is 11.5. The molecule has 0 aromatic carbocycles. The lowest BCUT2D eigenvalue weighted by Gasteiger charge is -2.59. The van der Waals surface area contributed by atoms with Crippen LogP contribution in [0.15, 0.2) is 35.5 Å². The van der Waals surface area contributed by atoms with Crippen LogP contribution in [0, 0.1) is 34.5 Å². The topological polar surface area (TPSA) is 40.5 Å². The van der Waals surface area contributed by atoms with E-state index in [4.69, 9.17) is 0 Å². The van der Waals surface area contributed by atoms with Gasteiger partial charge in [0.05, 0.1) is 5.60 Å². The van der Waals surface area contributed by atoms with Gasteiger partial charge in [-0.3, -0.25) is 0 Å². The van der Waals surface area contributed by atoms with E-state index in [1.165, 1.54) is 17.2 Å². The number of aliphatic hydroxyl groups excluding tert-OH is 1. The van der Waals surface area contributed by atoms with E-state index in [9.17, 15) is 23.4 Å². The van der Waals surface area contributed by atoms with E-state index >= 15 is 0 Å². The molecule has 0 heterocycles. The van der Waals surface area contributed by atoms with Gasteiger partial charge in [-0.05, 0) is 85.9 Å². The van der Waals surface area contributed by atoms with E-state index in [1.54, 1.807) is 0 Å². The Hall–Kier alpha value is -1.07. The first-order valence-electron chi connectivity index (χ1n) is 12.4. The molecule has 4 rings (SSSR count). The number of rotatable bonds is 4. The summed E-state index contributed by atoms with van der Waals surface area (Å²) in [5, 5.41) is 20.3. The van der Waals surface area contributed by atoms with Crippen molar-refractivity contribution in [3.63, 3.8) is 0 Å². The third-order valence-electron chi connectivity index (χ3n) is 9.96. The van der Waals surface area contributed by atoms with E-state index in [1.807, 2.05) is 6.92 Å². The molecule has 4 aliphatic rings. The van der Waals surface area contributed by atoms with Gasteiger partial charge in [0.15, 0.2) is 6.10 Å². The highest BCUT2D eigenvalue weighted by Crippen LogP contribution is 2.66. The number of allylic oxidation sites excluding steroid dienone is 4. The Bertz CT molecular complexity index is 827. The molecule has 0 spiro atoms. The molecule has 8 atom stereocenters. The molecule has 5 heteroatoms. The monoisotopic (exact) mass is 452 g/mol. The van der Waals surface area contributed by atoms with Gasteiger partial charge in [0.2, 0.25) is 0 Å². The van der Waals surface area contributed by atoms with Crippen LogP contribution < -0.4 is 0 Å². The van der Waals surface area contributed by atoms with Crippen LogP contribution in [0.25, 0.3) is 0 Å². The lowest BCUT2D eigenvalue weighted by atomic mass is 9.46. The highest BCUT2D eigenvalue weighted by molar-refractivity contribution is 5.33. The van der Waals surface area contributed by atoms with Crippen molar-refractivity contribution in [1.82, 2.24) is 0 Å². The average molecular weight is 453 g/mol. The van der Waals surface area contributed by atoms with Crippen molar-refractivity contribution in [1.29, 1.82) is 0 Å². The van der Waals surface area contributed by atoms with Gasteiger partial charge < -0.3 is 10.2 Å². The standard InChI is InChI=1S/C27H39F3O2/c1-5-26(32)15-14-24(3)18(16-26)7-8-19-21-10-9-20(25(21,4)13-12-22(19)24)17(2)6-11-23(31)27(28,29)30/h6-7,9,11,17,19,21-23,31-32H,5,8,10,12-16H2,1-4H3/b11-6+/t17-,19+,21+,22+,23-,24?,25-,26+/m1/s1. The van der Waals surface area contributed by atoms with Gasteiger partial charge in [-0.2, -0.15) is 13.2 Å². The number of alkyl halides is 3. The fraction of sp³-hybridized carbons (Fsp3) is 0.778. The molecule has 0 saturated heterocycles. The van der Waals surface area contributed by atoms with Crippen LogP contribution in [0.1, 0.15) is 79.1 Å². The molecule has 2 N–H and O–H groups in total. The minimum Gasteiger partial charge on any atom is -0.390 e. The summed E-state index contributed by atoms with van der Waals surface area (Å²) in [6.45, 7) is 8.77. The van der Waals surface area contributed by atoms with E-state index in [0.717, 1.165) is 57.4 Å². The maximum atomic E-state index is 12.7. The maximum Gasteiger partial charge on any atom is 0.417 e. The van der Waals surface area contributed by atoms with Gasteiger partial charge in [0, 0.05) is 0 Å². The Morgan fingerprint density at radius 2 is 1.78 bits per heavy atom. The number of hydrogen-bond donors (Lipinski definition) is 2. The van der Waals surface area contributed by atoms with Gasteiger partial charge in [-0.1, -0.05) is 63.1 Å². The first-order chi connectivity index (χ1) is 14.8. The molecule has 0 radical (unpaired) electrons. The number of hydrogen-bond acceptors (Lipinski definition) is 2. The van der Waals surface area contributed by atoms with Crippen molar-refractivity contribution in [3.05, 3.63) is 35.5 Å². The zero-order chi connectivity index (χ0) is 23.5. The first kappa shape index (κ1) is 24.1. The van der Waals surface area contributed by atoms with Crippen LogP contribution in [0.5, 0.6) is 0 Å². The number of fused-ring (bicyclic) bond motifs is 5. The van der Waals surface area contributed by atoms with E-state index in [0.29, 0.717) is 17.8 Å². The highest BCUT2D eigenvalue weighted by Gasteiger charge is 2.57. The van der Waals surface area contributed by atoms with Crippen LogP contribution in [0.2, 0.25) is 0 Å². The van der Waals surface area contributed by atoms with E-state index in [-0.39, 0.29) is 16.7 Å². The molecular weight excluding hydrogens is 413 g/mol. The Morgan fingerprint density at radius 3 is 2.44 bits per heavy atom. The van der Waals surface area contributed by atoms with Crippen molar-refractivity contribution in [2.75, 3.05) is 0 Å². The van der Waals surface area contributed by atoms with Gasteiger partial charge >= 0.3 is 6.18 Å². The Morgan fingerprint density at radius 1 is 1.06 bits per heavy atom. The summed E-state index contributed by atoms with van der Waals surface area (Å²) in [7, 11) is 0. The van der Waals surface area contributed by atoms with Crippen LogP contribution >= 0.6 is 0 Å². The lowest BCUT2D eigenvalue weighted by molar-refractivity contribution is -0.187. The second kappa shape index (κ2) is 8.01. The molecule has 0 aromatic heterocycles. The molecule has 2 saturated carbocycles. The SMILES string of the molecule is CC[C@]1(O)CCC2(C)C(=CC[C@@H]3[C@@H]2CC[C@]2(C)C([C@H](C)/C=C/[C@@H](O)C(F)(F)F)=CC[C@@H]32)C1. The molecule has 180 valence electrons. The normalized spacial score (nSPS) is 43.7. The van der Waals surface area contributed by atoms with Gasteiger partial charge in [-0.15, -0.1) is 0 Å². The number of halogens is 3. The van der Waals surface area contributed by atoms with Gasteiger partial charge in [0.25, 0.3) is 0 Å². The average Bonchev–Trinajstić information content (AvgIpc) is 3.09. The summed E-state index contributed by atoms with van der Waals surface area (Å²) >= 11 is 0. The fourth-order valence-corrected chi connectivity index (χ4v) is 7.81.